The van der Waals surface area contributed by atoms with Crippen LogP contribution < -0.4 is 10.2 Å². The summed E-state index contributed by atoms with van der Waals surface area (Å²) in [6, 6.07) is -0.916. The molecule has 0 heterocycles. The molecular weight excluding hydrogens is 976 g/mol. The number of ether oxygens (including phenoxy) is 1. The second-order valence-electron chi connectivity index (χ2n) is 21.8. The second kappa shape index (κ2) is 56.0. The molecule has 0 radical (unpaired) electrons. The highest BCUT2D eigenvalue weighted by atomic mass is 31.2. The molecule has 0 bridgehead atoms. The first kappa shape index (κ1) is 73.7. The maximum absolute atomic E-state index is 13.5. The molecule has 9 nitrogen and oxygen atoms in total. The average molecular weight is 1090 g/mol. The number of quaternary nitrogens is 1. The Labute approximate surface area is 474 Å². The van der Waals surface area contributed by atoms with E-state index in [2.05, 4.69) is 123 Å². The van der Waals surface area contributed by atoms with Crippen LogP contribution in [-0.4, -0.2) is 69.4 Å². The predicted molar refractivity (Wildman–Crippen MR) is 330 cm³/mol. The highest BCUT2D eigenvalue weighted by molar-refractivity contribution is 7.45. The first-order valence-electron chi connectivity index (χ1n) is 31.2. The van der Waals surface area contributed by atoms with Gasteiger partial charge in [-0.1, -0.05) is 233 Å². The van der Waals surface area contributed by atoms with Gasteiger partial charge in [-0.2, -0.15) is 0 Å². The van der Waals surface area contributed by atoms with Gasteiger partial charge >= 0.3 is 5.97 Å². The van der Waals surface area contributed by atoms with Gasteiger partial charge in [-0.25, -0.2) is 0 Å². The van der Waals surface area contributed by atoms with Crippen LogP contribution in [0.2, 0.25) is 0 Å². The van der Waals surface area contributed by atoms with Gasteiger partial charge in [0.1, 0.15) is 19.3 Å². The summed E-state index contributed by atoms with van der Waals surface area (Å²) >= 11 is 0. The van der Waals surface area contributed by atoms with Crippen LogP contribution in [0.25, 0.3) is 0 Å². The number of phosphoric acid groups is 1. The molecular formula is C67H117N2O7P. The largest absolute Gasteiger partial charge is 0.756 e. The number of nitrogens with zero attached hydrogens (tertiary/aromatic N) is 1. The molecule has 0 saturated heterocycles. The molecule has 77 heavy (non-hydrogen) atoms. The Bertz CT molecular complexity index is 1690. The number of hydrogen-bond acceptors (Lipinski definition) is 7. The van der Waals surface area contributed by atoms with Crippen LogP contribution in [0, 0.1) is 0 Å². The zero-order valence-electron chi connectivity index (χ0n) is 50.4. The van der Waals surface area contributed by atoms with Crippen LogP contribution in [0.4, 0.5) is 0 Å². The van der Waals surface area contributed by atoms with Gasteiger partial charge in [-0.05, 0) is 115 Å². The Balaban J connectivity index is 5.39. The van der Waals surface area contributed by atoms with Crippen LogP contribution in [0.15, 0.2) is 109 Å². The lowest BCUT2D eigenvalue weighted by Crippen LogP contribution is -2.47. The summed E-state index contributed by atoms with van der Waals surface area (Å²) in [5.74, 6) is -0.598. The fourth-order valence-electron chi connectivity index (χ4n) is 8.38. The molecule has 0 saturated carbocycles. The van der Waals surface area contributed by atoms with Gasteiger partial charge in [0.15, 0.2) is 0 Å². The third kappa shape index (κ3) is 57.2. The first-order valence-corrected chi connectivity index (χ1v) is 32.7. The van der Waals surface area contributed by atoms with Crippen molar-refractivity contribution in [3.63, 3.8) is 0 Å². The zero-order chi connectivity index (χ0) is 56.4. The van der Waals surface area contributed by atoms with E-state index in [-0.39, 0.29) is 31.3 Å². The van der Waals surface area contributed by atoms with E-state index in [1.54, 1.807) is 0 Å². The molecule has 0 aliphatic carbocycles. The Kier molecular flexibility index (Phi) is 53.5. The van der Waals surface area contributed by atoms with Crippen molar-refractivity contribution in [3.8, 4) is 0 Å². The maximum Gasteiger partial charge on any atom is 0.306 e. The summed E-state index contributed by atoms with van der Waals surface area (Å²) in [6.45, 7) is 6.66. The summed E-state index contributed by atoms with van der Waals surface area (Å²) in [5, 5.41) is 3.01. The van der Waals surface area contributed by atoms with Crippen molar-refractivity contribution >= 4 is 19.7 Å². The number of amides is 1. The number of carbonyl (C=O) groups is 2. The van der Waals surface area contributed by atoms with E-state index in [0.717, 1.165) is 122 Å². The number of esters is 1. The molecule has 3 atom stereocenters. The van der Waals surface area contributed by atoms with Crippen molar-refractivity contribution in [2.45, 2.75) is 264 Å². The summed E-state index contributed by atoms with van der Waals surface area (Å²) < 4.78 is 30.3. The van der Waals surface area contributed by atoms with E-state index in [0.29, 0.717) is 23.9 Å². The molecule has 3 unspecified atom stereocenters. The maximum atomic E-state index is 13.5. The van der Waals surface area contributed by atoms with Crippen molar-refractivity contribution in [1.29, 1.82) is 0 Å². The number of carbonyl (C=O) groups excluding carboxylic acids is 2. The molecule has 0 aromatic heterocycles. The van der Waals surface area contributed by atoms with E-state index in [1.165, 1.54) is 83.5 Å². The topological polar surface area (TPSA) is 114 Å². The quantitative estimate of drug-likeness (QED) is 0.0212. The number of rotatable bonds is 55. The van der Waals surface area contributed by atoms with E-state index in [4.69, 9.17) is 13.8 Å². The lowest BCUT2D eigenvalue weighted by Gasteiger charge is -2.30. The van der Waals surface area contributed by atoms with Gasteiger partial charge in [0.25, 0.3) is 7.82 Å². The van der Waals surface area contributed by atoms with Crippen molar-refractivity contribution < 1.29 is 37.3 Å². The minimum Gasteiger partial charge on any atom is -0.756 e. The lowest BCUT2D eigenvalue weighted by atomic mass is 10.0. The van der Waals surface area contributed by atoms with Crippen LogP contribution in [-0.2, 0) is 27.9 Å². The molecule has 0 aliphatic heterocycles. The smallest absolute Gasteiger partial charge is 0.306 e. The number of likely N-dealkylation sites (N-methyl/N-ethyl adjacent to an activating group) is 1. The molecule has 0 aromatic carbocycles. The lowest BCUT2D eigenvalue weighted by molar-refractivity contribution is -0.870. The number of unbranched alkanes of at least 4 members (excludes halogenated alkanes) is 23. The average Bonchev–Trinajstić information content (AvgIpc) is 3.39. The van der Waals surface area contributed by atoms with Crippen LogP contribution >= 0.6 is 7.82 Å². The van der Waals surface area contributed by atoms with Crippen LogP contribution in [0.3, 0.4) is 0 Å². The van der Waals surface area contributed by atoms with Gasteiger partial charge in [0.05, 0.1) is 33.8 Å². The SMILES string of the molecule is CC/C=C\C/C=C\C/C=C\C/C=C\C/C=C\CCCCCC(=O)OC(/C=C/CCCCCCCCCCCCC)C(COP(=O)([O-])OCC[N+](C)(C)C)NC(=O)CCCCCCCC/C=C\C/C=C\C/C=C\CCCCC. The molecule has 10 heteroatoms. The van der Waals surface area contributed by atoms with E-state index < -0.39 is 26.6 Å². The van der Waals surface area contributed by atoms with E-state index >= 15 is 0 Å². The van der Waals surface area contributed by atoms with Crippen molar-refractivity contribution in [2.24, 2.45) is 0 Å². The minimum atomic E-state index is -4.72. The normalized spacial score (nSPS) is 14.4. The van der Waals surface area contributed by atoms with Gasteiger partial charge in [-0.15, -0.1) is 0 Å². The molecule has 0 aliphatic rings. The number of allylic oxidation sites excluding steroid dienone is 17. The number of phosphoric ester groups is 1. The van der Waals surface area contributed by atoms with Gasteiger partial charge in [0, 0.05) is 12.8 Å². The second-order valence-corrected chi connectivity index (χ2v) is 23.2. The first-order chi connectivity index (χ1) is 37.4. The minimum absolute atomic E-state index is 0.0362. The monoisotopic (exact) mass is 1090 g/mol. The summed E-state index contributed by atoms with van der Waals surface area (Å²) in [7, 11) is 1.14. The highest BCUT2D eigenvalue weighted by Gasteiger charge is 2.27. The standard InChI is InChI=1S/C67H117N2O7P/c1-7-10-13-16-19-22-25-28-30-32-34-36-38-41-44-47-50-53-56-59-66(70)68-64(63-75-77(72,73)74-62-61-69(4,5)6)65(58-55-52-49-46-43-40-27-24-21-18-15-12-9-3)76-67(71)60-57-54-51-48-45-42-39-37-35-33-31-29-26-23-20-17-14-11-8-2/h11,14,19-20,22-23,28-31,34-37,42,45,55,58,64-65H,7-10,12-13,15-18,21,24-27,32-33,38-41,43-44,46-54,56-57,59-63H2,1-6H3,(H-,68,70,72,73)/b14-11-,22-19-,23-20-,30-28-,31-29-,36-34-,37-35-,45-42-,58-55+. The van der Waals surface area contributed by atoms with Crippen molar-refractivity contribution in [3.05, 3.63) is 109 Å². The van der Waals surface area contributed by atoms with E-state index in [9.17, 15) is 19.0 Å². The fraction of sp³-hybridized carbons (Fsp3) is 0.701. The Morgan fingerprint density at radius 2 is 0.831 bits per heavy atom. The van der Waals surface area contributed by atoms with Gasteiger partial charge < -0.3 is 28.5 Å². The molecule has 442 valence electrons. The third-order valence-electron chi connectivity index (χ3n) is 13.2. The summed E-state index contributed by atoms with van der Waals surface area (Å²) in [5.41, 5.74) is 0. The Morgan fingerprint density at radius 1 is 0.468 bits per heavy atom. The zero-order valence-corrected chi connectivity index (χ0v) is 51.3. The Morgan fingerprint density at radius 3 is 1.29 bits per heavy atom. The molecule has 0 fully saturated rings. The summed E-state index contributed by atoms with van der Waals surface area (Å²) in [6.07, 6.45) is 76.2. The molecule has 0 aromatic rings. The van der Waals surface area contributed by atoms with E-state index in [1.807, 2.05) is 33.3 Å². The fourth-order valence-corrected chi connectivity index (χ4v) is 9.10. The van der Waals surface area contributed by atoms with Gasteiger partial charge in [-0.3, -0.25) is 14.2 Å². The van der Waals surface area contributed by atoms with Crippen molar-refractivity contribution in [1.82, 2.24) is 5.32 Å². The number of hydrogen-bond donors (Lipinski definition) is 1. The van der Waals surface area contributed by atoms with Crippen molar-refractivity contribution in [2.75, 3.05) is 40.9 Å². The number of nitrogens with one attached hydrogen (secondary N) is 1. The molecule has 0 rings (SSSR count). The Hall–Kier alpha value is -3.33. The molecule has 0 spiro atoms. The highest BCUT2D eigenvalue weighted by Crippen LogP contribution is 2.38. The third-order valence-corrected chi connectivity index (χ3v) is 14.2. The molecule has 1 amide bonds. The summed E-state index contributed by atoms with van der Waals surface area (Å²) in [4.78, 5) is 40.0. The molecule has 1 N–H and O–H groups in total. The van der Waals surface area contributed by atoms with Crippen LogP contribution in [0.5, 0.6) is 0 Å². The van der Waals surface area contributed by atoms with Crippen LogP contribution in [0.1, 0.15) is 252 Å². The van der Waals surface area contributed by atoms with Gasteiger partial charge in [0.2, 0.25) is 5.91 Å². The predicted octanol–water partition coefficient (Wildman–Crippen LogP) is 18.7.